The number of carbonyl (C=O) groups excluding carboxylic acids is 1. The van der Waals surface area contributed by atoms with Crippen LogP contribution in [0.2, 0.25) is 0 Å². The quantitative estimate of drug-likeness (QED) is 0.701. The number of rotatable bonds is 4. The molecule has 0 aliphatic heterocycles. The third kappa shape index (κ3) is 3.23. The number of benzene rings is 1. The first-order valence-corrected chi connectivity index (χ1v) is 8.61. The molecule has 0 aliphatic carbocycles. The number of thiazole rings is 1. The predicted molar refractivity (Wildman–Crippen MR) is 95.3 cm³/mol. The van der Waals surface area contributed by atoms with Crippen LogP contribution in [0.5, 0.6) is 0 Å². The lowest BCUT2D eigenvalue weighted by Gasteiger charge is -2.23. The Labute approximate surface area is 143 Å². The maximum absolute atomic E-state index is 12.5. The fourth-order valence-corrected chi connectivity index (χ4v) is 3.77. The highest BCUT2D eigenvalue weighted by Gasteiger charge is 2.22. The standard InChI is InChI=1S/C17H18N2O2S2/c1-10-15(23-17(22)18-10)9-16(20)19(3)11(2)14-8-12-6-4-5-7-13(12)21-14/h4-8,11H,9H2,1-3H3,(H,18,22)/t11-/m0/s1. The van der Waals surface area contributed by atoms with Crippen LogP contribution in [0.15, 0.2) is 34.7 Å². The van der Waals surface area contributed by atoms with Gasteiger partial charge in [-0.2, -0.15) is 0 Å². The largest absolute Gasteiger partial charge is 0.459 e. The van der Waals surface area contributed by atoms with Crippen LogP contribution in [-0.4, -0.2) is 22.8 Å². The molecule has 0 saturated carbocycles. The number of hydrogen-bond donors (Lipinski definition) is 1. The minimum atomic E-state index is -0.123. The Hall–Kier alpha value is -1.92. The zero-order chi connectivity index (χ0) is 16.6. The van der Waals surface area contributed by atoms with Crippen molar-refractivity contribution in [2.75, 3.05) is 7.05 Å². The molecule has 3 aromatic rings. The number of aromatic nitrogens is 1. The summed E-state index contributed by atoms with van der Waals surface area (Å²) >= 11 is 6.59. The molecule has 0 radical (unpaired) electrons. The molecule has 1 N–H and O–H groups in total. The number of nitrogens with one attached hydrogen (secondary N) is 1. The molecule has 1 amide bonds. The van der Waals surface area contributed by atoms with Crippen molar-refractivity contribution < 1.29 is 9.21 Å². The molecule has 1 aromatic carbocycles. The van der Waals surface area contributed by atoms with Crippen molar-refractivity contribution in [1.29, 1.82) is 0 Å². The number of nitrogens with zero attached hydrogens (tertiary/aromatic N) is 1. The third-order valence-corrected chi connectivity index (χ3v) is 5.40. The van der Waals surface area contributed by atoms with Gasteiger partial charge in [-0.3, -0.25) is 4.79 Å². The molecule has 0 saturated heterocycles. The summed E-state index contributed by atoms with van der Waals surface area (Å²) in [7, 11) is 1.81. The highest BCUT2D eigenvalue weighted by molar-refractivity contribution is 7.73. The summed E-state index contributed by atoms with van der Waals surface area (Å²) in [6.07, 6.45) is 0.352. The minimum Gasteiger partial charge on any atom is -0.459 e. The molecule has 1 atom stereocenters. The average molecular weight is 346 g/mol. The maximum atomic E-state index is 12.5. The van der Waals surface area contributed by atoms with E-state index < -0.39 is 0 Å². The van der Waals surface area contributed by atoms with Crippen molar-refractivity contribution in [3.63, 3.8) is 0 Å². The lowest BCUT2D eigenvalue weighted by atomic mass is 10.2. The number of carbonyl (C=O) groups is 1. The van der Waals surface area contributed by atoms with Crippen molar-refractivity contribution >= 4 is 40.4 Å². The maximum Gasteiger partial charge on any atom is 0.228 e. The number of furan rings is 1. The monoisotopic (exact) mass is 346 g/mol. The van der Waals surface area contributed by atoms with Gasteiger partial charge in [-0.1, -0.05) is 18.2 Å². The molecule has 2 heterocycles. The topological polar surface area (TPSA) is 49.2 Å². The SMILES string of the molecule is Cc1[nH]c(=S)sc1CC(=O)N(C)[C@@H](C)c1cc2ccccc2o1. The predicted octanol–water partition coefficient (Wildman–Crippen LogP) is 4.62. The molecule has 2 aromatic heterocycles. The van der Waals surface area contributed by atoms with Crippen molar-refractivity contribution in [3.8, 4) is 0 Å². The molecule has 6 heteroatoms. The second-order valence-corrected chi connectivity index (χ2v) is 7.38. The Bertz CT molecular complexity index is 874. The summed E-state index contributed by atoms with van der Waals surface area (Å²) in [4.78, 5) is 18.3. The van der Waals surface area contributed by atoms with Gasteiger partial charge in [-0.05, 0) is 38.2 Å². The van der Waals surface area contributed by atoms with Crippen LogP contribution in [-0.2, 0) is 11.2 Å². The van der Waals surface area contributed by atoms with E-state index in [2.05, 4.69) is 4.98 Å². The molecule has 3 rings (SSSR count). The highest BCUT2D eigenvalue weighted by atomic mass is 32.1. The van der Waals surface area contributed by atoms with E-state index in [4.69, 9.17) is 16.6 Å². The van der Waals surface area contributed by atoms with E-state index in [9.17, 15) is 4.79 Å². The zero-order valence-electron chi connectivity index (χ0n) is 13.3. The van der Waals surface area contributed by atoms with Crippen LogP contribution < -0.4 is 0 Å². The number of likely N-dealkylation sites (N-methyl/N-ethyl adjacent to an activating group) is 1. The molecule has 0 bridgehead atoms. The Kier molecular flexibility index (Phi) is 4.37. The number of hydrogen-bond acceptors (Lipinski definition) is 4. The van der Waals surface area contributed by atoms with E-state index in [0.717, 1.165) is 27.3 Å². The van der Waals surface area contributed by atoms with E-state index in [-0.39, 0.29) is 11.9 Å². The number of aromatic amines is 1. The van der Waals surface area contributed by atoms with E-state index in [1.54, 1.807) is 11.9 Å². The molecular weight excluding hydrogens is 328 g/mol. The van der Waals surface area contributed by atoms with E-state index in [1.807, 2.05) is 44.2 Å². The molecule has 0 aliphatic rings. The van der Waals surface area contributed by atoms with Gasteiger partial charge in [-0.15, -0.1) is 11.3 Å². The number of para-hydroxylation sites is 1. The van der Waals surface area contributed by atoms with E-state index >= 15 is 0 Å². The van der Waals surface area contributed by atoms with E-state index in [0.29, 0.717) is 10.4 Å². The van der Waals surface area contributed by atoms with Gasteiger partial charge in [0.1, 0.15) is 11.3 Å². The van der Waals surface area contributed by atoms with Crippen molar-refractivity contribution in [2.45, 2.75) is 26.3 Å². The van der Waals surface area contributed by atoms with Crippen LogP contribution >= 0.6 is 23.6 Å². The lowest BCUT2D eigenvalue weighted by Crippen LogP contribution is -2.30. The number of amides is 1. The first-order chi connectivity index (χ1) is 11.0. The van der Waals surface area contributed by atoms with Crippen LogP contribution in [0.3, 0.4) is 0 Å². The van der Waals surface area contributed by atoms with Gasteiger partial charge in [-0.25, -0.2) is 0 Å². The smallest absolute Gasteiger partial charge is 0.228 e. The van der Waals surface area contributed by atoms with Crippen LogP contribution in [0.25, 0.3) is 11.0 Å². The van der Waals surface area contributed by atoms with Crippen LogP contribution in [0, 0.1) is 10.9 Å². The minimum absolute atomic E-state index is 0.0475. The molecule has 4 nitrogen and oxygen atoms in total. The van der Waals surface area contributed by atoms with Gasteiger partial charge in [0.15, 0.2) is 3.95 Å². The zero-order valence-corrected chi connectivity index (χ0v) is 14.9. The molecule has 120 valence electrons. The summed E-state index contributed by atoms with van der Waals surface area (Å²) < 4.78 is 6.57. The molecular formula is C17H18N2O2S2. The van der Waals surface area contributed by atoms with Crippen molar-refractivity contribution in [3.05, 3.63) is 50.6 Å². The third-order valence-electron chi connectivity index (χ3n) is 4.07. The number of aryl methyl sites for hydroxylation is 1. The summed E-state index contributed by atoms with van der Waals surface area (Å²) in [5, 5.41) is 1.05. The number of fused-ring (bicyclic) bond motifs is 1. The number of H-pyrrole nitrogens is 1. The first-order valence-electron chi connectivity index (χ1n) is 7.38. The fraction of sp³-hybridized carbons (Fsp3) is 0.294. The van der Waals surface area contributed by atoms with E-state index in [1.165, 1.54) is 11.3 Å². The summed E-state index contributed by atoms with van der Waals surface area (Å²) in [5.41, 5.74) is 1.81. The Morgan fingerprint density at radius 2 is 2.17 bits per heavy atom. The second kappa shape index (κ2) is 6.29. The van der Waals surface area contributed by atoms with Gasteiger partial charge in [0.25, 0.3) is 0 Å². The summed E-state index contributed by atoms with van der Waals surface area (Å²) in [6.45, 7) is 3.92. The van der Waals surface area contributed by atoms with Crippen LogP contribution in [0.1, 0.15) is 29.3 Å². The molecule has 0 spiro atoms. The van der Waals surface area contributed by atoms with Gasteiger partial charge in [0.05, 0.1) is 12.5 Å². The second-order valence-electron chi connectivity index (χ2n) is 5.61. The summed E-state index contributed by atoms with van der Waals surface area (Å²) in [6, 6.07) is 9.73. The highest BCUT2D eigenvalue weighted by Crippen LogP contribution is 2.27. The lowest BCUT2D eigenvalue weighted by molar-refractivity contribution is -0.131. The Morgan fingerprint density at radius 3 is 2.83 bits per heavy atom. The Morgan fingerprint density at radius 1 is 1.43 bits per heavy atom. The van der Waals surface area contributed by atoms with Gasteiger partial charge in [0.2, 0.25) is 5.91 Å². The van der Waals surface area contributed by atoms with Crippen molar-refractivity contribution in [2.24, 2.45) is 0 Å². The Balaban J connectivity index is 1.78. The molecule has 0 unspecified atom stereocenters. The van der Waals surface area contributed by atoms with Gasteiger partial charge >= 0.3 is 0 Å². The molecule has 23 heavy (non-hydrogen) atoms. The van der Waals surface area contributed by atoms with Gasteiger partial charge in [0, 0.05) is 23.0 Å². The van der Waals surface area contributed by atoms with Crippen molar-refractivity contribution in [1.82, 2.24) is 9.88 Å². The van der Waals surface area contributed by atoms with Crippen LogP contribution in [0.4, 0.5) is 0 Å². The first kappa shape index (κ1) is 16.0. The molecule has 0 fully saturated rings. The average Bonchev–Trinajstić information content (AvgIpc) is 3.08. The fourth-order valence-electron chi connectivity index (χ4n) is 2.48. The summed E-state index contributed by atoms with van der Waals surface area (Å²) in [5.74, 6) is 0.840. The normalized spacial score (nSPS) is 12.5. The van der Waals surface area contributed by atoms with Gasteiger partial charge < -0.3 is 14.3 Å².